The second kappa shape index (κ2) is 10.2. The quantitative estimate of drug-likeness (QED) is 0.390. The largest absolute Gasteiger partial charge is 0.465 e. The third-order valence-electron chi connectivity index (χ3n) is 6.47. The summed E-state index contributed by atoms with van der Waals surface area (Å²) in [6.07, 6.45) is 1.86. The van der Waals surface area contributed by atoms with Crippen LogP contribution in [0.2, 0.25) is 0 Å². The van der Waals surface area contributed by atoms with Crippen LogP contribution >= 0.6 is 0 Å². The number of morpholine rings is 1. The summed E-state index contributed by atoms with van der Waals surface area (Å²) in [7, 11) is 3.29. The van der Waals surface area contributed by atoms with Crippen molar-refractivity contribution < 1.29 is 19.1 Å². The van der Waals surface area contributed by atoms with E-state index >= 15 is 0 Å². The van der Waals surface area contributed by atoms with E-state index in [1.807, 2.05) is 59.2 Å². The van der Waals surface area contributed by atoms with Crippen molar-refractivity contribution in [2.75, 3.05) is 38.3 Å². The lowest BCUT2D eigenvalue weighted by Gasteiger charge is -2.33. The number of ether oxygens (including phenoxy) is 2. The minimum Gasteiger partial charge on any atom is -0.465 e. The van der Waals surface area contributed by atoms with Crippen LogP contribution in [-0.4, -0.2) is 60.1 Å². The number of benzene rings is 3. The zero-order valence-electron chi connectivity index (χ0n) is 20.4. The normalized spacial score (nSPS) is 13.6. The van der Waals surface area contributed by atoms with E-state index < -0.39 is 0 Å². The lowest BCUT2D eigenvalue weighted by atomic mass is 10.0. The van der Waals surface area contributed by atoms with Crippen LogP contribution in [0.4, 0.5) is 10.5 Å². The highest BCUT2D eigenvalue weighted by molar-refractivity contribution is 5.93. The number of esters is 1. The summed E-state index contributed by atoms with van der Waals surface area (Å²) >= 11 is 0. The van der Waals surface area contributed by atoms with Gasteiger partial charge >= 0.3 is 12.0 Å². The van der Waals surface area contributed by atoms with E-state index in [4.69, 9.17) is 9.47 Å². The summed E-state index contributed by atoms with van der Waals surface area (Å²) in [6.45, 7) is 2.52. The second-order valence-electron chi connectivity index (χ2n) is 8.75. The number of anilines is 1. The molecule has 0 radical (unpaired) electrons. The molecule has 5 rings (SSSR count). The Kier molecular flexibility index (Phi) is 6.69. The number of rotatable bonds is 5. The summed E-state index contributed by atoms with van der Waals surface area (Å²) < 4.78 is 12.1. The van der Waals surface area contributed by atoms with Gasteiger partial charge in [-0.1, -0.05) is 30.3 Å². The Labute approximate surface area is 209 Å². The molecule has 4 aromatic rings. The van der Waals surface area contributed by atoms with E-state index in [0.29, 0.717) is 38.4 Å². The minimum atomic E-state index is -0.388. The third-order valence-corrected chi connectivity index (χ3v) is 6.47. The number of aromatic nitrogens is 2. The predicted octanol–water partition coefficient (Wildman–Crippen LogP) is 4.49. The Morgan fingerprint density at radius 2 is 1.75 bits per heavy atom. The van der Waals surface area contributed by atoms with Gasteiger partial charge < -0.3 is 14.4 Å². The minimum absolute atomic E-state index is 0.0739. The Bertz CT molecular complexity index is 1390. The summed E-state index contributed by atoms with van der Waals surface area (Å²) in [5.74, 6) is -0.388. The van der Waals surface area contributed by atoms with Gasteiger partial charge in [-0.05, 0) is 53.1 Å². The molecule has 1 fully saturated rings. The van der Waals surface area contributed by atoms with E-state index in [-0.39, 0.29) is 12.0 Å². The van der Waals surface area contributed by atoms with Gasteiger partial charge in [0.25, 0.3) is 0 Å². The molecule has 0 saturated carbocycles. The number of methoxy groups -OCH3 is 1. The van der Waals surface area contributed by atoms with Crippen LogP contribution < -0.4 is 4.90 Å². The third kappa shape index (κ3) is 4.81. The summed E-state index contributed by atoms with van der Waals surface area (Å²) in [6, 6.07) is 21.3. The van der Waals surface area contributed by atoms with Crippen LogP contribution in [0.1, 0.15) is 15.9 Å². The van der Waals surface area contributed by atoms with Gasteiger partial charge in [0.2, 0.25) is 0 Å². The lowest BCUT2D eigenvalue weighted by Crippen LogP contribution is -2.48. The molecular formula is C28H28N4O4. The van der Waals surface area contributed by atoms with Gasteiger partial charge in [-0.2, -0.15) is 5.10 Å². The van der Waals surface area contributed by atoms with Crippen molar-refractivity contribution in [3.8, 4) is 11.1 Å². The Morgan fingerprint density at radius 3 is 2.50 bits per heavy atom. The molecule has 2 heterocycles. The first-order valence-electron chi connectivity index (χ1n) is 11.9. The van der Waals surface area contributed by atoms with Crippen LogP contribution in [0.25, 0.3) is 22.0 Å². The molecule has 184 valence electrons. The van der Waals surface area contributed by atoms with Crippen molar-refractivity contribution in [1.29, 1.82) is 0 Å². The first-order valence-corrected chi connectivity index (χ1v) is 11.9. The average molecular weight is 485 g/mol. The summed E-state index contributed by atoms with van der Waals surface area (Å²) in [4.78, 5) is 29.1. The number of nitrogens with zero attached hydrogens (tertiary/aromatic N) is 4. The van der Waals surface area contributed by atoms with Crippen LogP contribution in [0.5, 0.6) is 0 Å². The van der Waals surface area contributed by atoms with Crippen molar-refractivity contribution in [1.82, 2.24) is 14.7 Å². The number of fused-ring (bicyclic) bond motifs is 1. The van der Waals surface area contributed by atoms with Gasteiger partial charge in [-0.25, -0.2) is 9.59 Å². The van der Waals surface area contributed by atoms with Crippen molar-refractivity contribution in [2.45, 2.75) is 6.54 Å². The summed E-state index contributed by atoms with van der Waals surface area (Å²) in [5.41, 5.74) is 5.31. The number of hydrogen-bond donors (Lipinski definition) is 0. The molecule has 36 heavy (non-hydrogen) atoms. The molecule has 0 aliphatic carbocycles. The first kappa shape index (κ1) is 23.6. The molecular weight excluding hydrogens is 456 g/mol. The monoisotopic (exact) mass is 484 g/mol. The molecule has 1 aliphatic rings. The predicted molar refractivity (Wildman–Crippen MR) is 138 cm³/mol. The highest BCUT2D eigenvalue weighted by atomic mass is 16.5. The Balaban J connectivity index is 1.48. The molecule has 2 amide bonds. The molecule has 8 nitrogen and oxygen atoms in total. The molecule has 1 saturated heterocycles. The first-order chi connectivity index (χ1) is 17.5. The number of aryl methyl sites for hydroxylation is 1. The zero-order valence-corrected chi connectivity index (χ0v) is 20.4. The number of carbonyl (C=O) groups is 2. The standard InChI is InChI=1S/C28H28N4O4/c1-30-26-11-10-23(16-24(26)18-29-30)22-4-3-5-25(17-22)32(28(34)31-12-14-36-15-13-31)19-20-6-8-21(9-7-20)27(33)35-2/h3-11,16-18H,12-15,19H2,1-2H3. The molecule has 1 aromatic heterocycles. The van der Waals surface area contributed by atoms with E-state index in [2.05, 4.69) is 23.3 Å². The fourth-order valence-corrected chi connectivity index (χ4v) is 4.44. The Hall–Kier alpha value is -4.17. The second-order valence-corrected chi connectivity index (χ2v) is 8.75. The molecule has 0 N–H and O–H groups in total. The SMILES string of the molecule is COC(=O)c1ccc(CN(C(=O)N2CCOCC2)c2cccc(-c3ccc4c(cnn4C)c3)c2)cc1. The van der Waals surface area contributed by atoms with Gasteiger partial charge in [-0.15, -0.1) is 0 Å². The summed E-state index contributed by atoms with van der Waals surface area (Å²) in [5, 5.41) is 5.40. The van der Waals surface area contributed by atoms with E-state index in [9.17, 15) is 9.59 Å². The van der Waals surface area contributed by atoms with Crippen molar-refractivity contribution in [3.05, 3.63) is 84.1 Å². The maximum absolute atomic E-state index is 13.7. The highest BCUT2D eigenvalue weighted by Gasteiger charge is 2.25. The van der Waals surface area contributed by atoms with Crippen molar-refractivity contribution in [2.24, 2.45) is 7.05 Å². The van der Waals surface area contributed by atoms with Gasteiger partial charge in [0.05, 0.1) is 44.1 Å². The smallest absolute Gasteiger partial charge is 0.337 e. The van der Waals surface area contributed by atoms with E-state index in [1.165, 1.54) is 7.11 Å². The van der Waals surface area contributed by atoms with Crippen LogP contribution in [0, 0.1) is 0 Å². The topological polar surface area (TPSA) is 76.9 Å². The van der Waals surface area contributed by atoms with Crippen LogP contribution in [0.3, 0.4) is 0 Å². The maximum Gasteiger partial charge on any atom is 0.337 e. The molecule has 1 aliphatic heterocycles. The number of amides is 2. The molecule has 0 spiro atoms. The fraction of sp³-hybridized carbons (Fsp3) is 0.250. The van der Waals surface area contributed by atoms with Gasteiger partial charge in [0.1, 0.15) is 0 Å². The fourth-order valence-electron chi connectivity index (χ4n) is 4.44. The van der Waals surface area contributed by atoms with Gasteiger partial charge in [0.15, 0.2) is 0 Å². The number of urea groups is 1. The Morgan fingerprint density at radius 1 is 1.00 bits per heavy atom. The molecule has 8 heteroatoms. The van der Waals surface area contributed by atoms with Crippen molar-refractivity contribution in [3.63, 3.8) is 0 Å². The van der Waals surface area contributed by atoms with Crippen LogP contribution in [-0.2, 0) is 23.1 Å². The molecule has 0 atom stereocenters. The maximum atomic E-state index is 13.7. The van der Waals surface area contributed by atoms with Gasteiger partial charge in [0, 0.05) is 31.2 Å². The van der Waals surface area contributed by atoms with E-state index in [0.717, 1.165) is 33.3 Å². The average Bonchev–Trinajstić information content (AvgIpc) is 3.31. The van der Waals surface area contributed by atoms with Crippen molar-refractivity contribution >= 4 is 28.6 Å². The van der Waals surface area contributed by atoms with Crippen LogP contribution in [0.15, 0.2) is 72.9 Å². The molecule has 0 bridgehead atoms. The lowest BCUT2D eigenvalue weighted by molar-refractivity contribution is 0.0548. The molecule has 3 aromatic carbocycles. The highest BCUT2D eigenvalue weighted by Crippen LogP contribution is 2.29. The molecule has 0 unspecified atom stereocenters. The van der Waals surface area contributed by atoms with Gasteiger partial charge in [-0.3, -0.25) is 9.58 Å². The number of hydrogen-bond acceptors (Lipinski definition) is 5. The van der Waals surface area contributed by atoms with E-state index in [1.54, 1.807) is 17.0 Å². The number of carbonyl (C=O) groups excluding carboxylic acids is 2. The zero-order chi connectivity index (χ0) is 25.1.